The molecule has 0 bridgehead atoms. The minimum Gasteiger partial charge on any atom is -0.772 e. The van der Waals surface area contributed by atoms with Crippen molar-refractivity contribution in [1.29, 1.82) is 0 Å². The van der Waals surface area contributed by atoms with E-state index in [9.17, 15) is 22.0 Å². The lowest BCUT2D eigenvalue weighted by Crippen LogP contribution is -2.29. The molecule has 0 fully saturated rings. The molecule has 1 aromatic carbocycles. The predicted octanol–water partition coefficient (Wildman–Crippen LogP) is 0.986. The van der Waals surface area contributed by atoms with Crippen LogP contribution in [0.4, 0.5) is 0 Å². The first-order valence-corrected chi connectivity index (χ1v) is 9.36. The summed E-state index contributed by atoms with van der Waals surface area (Å²) in [7, 11) is -3.92. The Morgan fingerprint density at radius 1 is 1.27 bits per heavy atom. The molecule has 0 spiro atoms. The number of hydrogen-bond donors (Lipinski definition) is 0. The second-order valence-corrected chi connectivity index (χ2v) is 7.18. The molecule has 2 atom stereocenters. The summed E-state index contributed by atoms with van der Waals surface area (Å²) < 4.78 is 53.7. The standard InChI is InChI=1S/C13H18O7S2/c1-11(13(14)19-12-7-3-2-4-8-12)20-22(17,18)10-6-5-9-21(15)16/h2-4,7-8,11H,5-6,9-10H2,1H3,(H,15,16)/p-1. The first-order valence-electron chi connectivity index (χ1n) is 6.54. The van der Waals surface area contributed by atoms with Crippen molar-refractivity contribution in [3.63, 3.8) is 0 Å². The van der Waals surface area contributed by atoms with Crippen molar-refractivity contribution in [3.8, 4) is 5.75 Å². The topological polar surface area (TPSA) is 110 Å². The van der Waals surface area contributed by atoms with Crippen molar-refractivity contribution < 1.29 is 30.9 Å². The zero-order valence-corrected chi connectivity index (χ0v) is 13.6. The van der Waals surface area contributed by atoms with Crippen molar-refractivity contribution in [2.45, 2.75) is 25.9 Å². The molecule has 7 nitrogen and oxygen atoms in total. The molecule has 0 amide bonds. The molecule has 2 unspecified atom stereocenters. The number of ether oxygens (including phenoxy) is 1. The van der Waals surface area contributed by atoms with Crippen LogP contribution in [0.15, 0.2) is 30.3 Å². The molecule has 22 heavy (non-hydrogen) atoms. The molecule has 0 aliphatic carbocycles. The normalized spacial score (nSPS) is 14.3. The van der Waals surface area contributed by atoms with Crippen LogP contribution in [0.1, 0.15) is 19.8 Å². The molecule has 1 rings (SSSR count). The van der Waals surface area contributed by atoms with Crippen LogP contribution in [0.25, 0.3) is 0 Å². The Morgan fingerprint density at radius 2 is 1.91 bits per heavy atom. The number of carbonyl (C=O) groups excluding carboxylic acids is 1. The van der Waals surface area contributed by atoms with E-state index in [4.69, 9.17) is 8.92 Å². The van der Waals surface area contributed by atoms with Crippen molar-refractivity contribution >= 4 is 27.2 Å². The fourth-order valence-corrected chi connectivity index (χ4v) is 3.11. The van der Waals surface area contributed by atoms with Gasteiger partial charge in [0.25, 0.3) is 10.1 Å². The molecular formula is C13H17O7S2-. The van der Waals surface area contributed by atoms with E-state index in [1.54, 1.807) is 30.3 Å². The Bertz CT molecular complexity index is 598. The van der Waals surface area contributed by atoms with Gasteiger partial charge in [-0.15, -0.1) is 0 Å². The van der Waals surface area contributed by atoms with E-state index in [2.05, 4.69) is 0 Å². The van der Waals surface area contributed by atoms with Gasteiger partial charge in [-0.05, 0) is 31.9 Å². The molecular weight excluding hydrogens is 332 g/mol. The lowest BCUT2D eigenvalue weighted by Gasteiger charge is -2.12. The monoisotopic (exact) mass is 349 g/mol. The predicted molar refractivity (Wildman–Crippen MR) is 79.4 cm³/mol. The third-order valence-electron chi connectivity index (χ3n) is 2.54. The van der Waals surface area contributed by atoms with Crippen LogP contribution in [0, 0.1) is 0 Å². The van der Waals surface area contributed by atoms with E-state index in [0.29, 0.717) is 5.75 Å². The maximum atomic E-state index is 11.7. The number of unbranched alkanes of at least 4 members (excludes halogenated alkanes) is 1. The summed E-state index contributed by atoms with van der Waals surface area (Å²) in [6.45, 7) is 1.27. The first-order chi connectivity index (χ1) is 10.3. The highest BCUT2D eigenvalue weighted by Gasteiger charge is 2.23. The van der Waals surface area contributed by atoms with E-state index in [1.165, 1.54) is 6.92 Å². The zero-order valence-electron chi connectivity index (χ0n) is 12.0. The van der Waals surface area contributed by atoms with Crippen molar-refractivity contribution in [3.05, 3.63) is 30.3 Å². The number of carbonyl (C=O) groups is 1. The summed E-state index contributed by atoms with van der Waals surface area (Å²) >= 11 is -2.19. The molecule has 124 valence electrons. The van der Waals surface area contributed by atoms with Crippen LogP contribution in [0.3, 0.4) is 0 Å². The molecule has 0 radical (unpaired) electrons. The number of benzene rings is 1. The fraction of sp³-hybridized carbons (Fsp3) is 0.462. The number of esters is 1. The second kappa shape index (κ2) is 8.99. The molecule has 0 aliphatic heterocycles. The quantitative estimate of drug-likeness (QED) is 0.215. The van der Waals surface area contributed by atoms with E-state index in [-0.39, 0.29) is 24.3 Å². The van der Waals surface area contributed by atoms with Gasteiger partial charge in [-0.1, -0.05) is 29.3 Å². The van der Waals surface area contributed by atoms with Gasteiger partial charge < -0.3 is 9.29 Å². The Balaban J connectivity index is 2.43. The molecule has 0 aliphatic rings. The highest BCUT2D eigenvalue weighted by molar-refractivity contribution is 7.86. The lowest BCUT2D eigenvalue weighted by atomic mass is 10.3. The highest BCUT2D eigenvalue weighted by Crippen LogP contribution is 2.11. The molecule has 1 aromatic rings. The van der Waals surface area contributed by atoms with Gasteiger partial charge in [0, 0.05) is 5.75 Å². The van der Waals surface area contributed by atoms with E-state index in [1.807, 2.05) is 0 Å². The van der Waals surface area contributed by atoms with Crippen LogP contribution in [-0.4, -0.2) is 40.8 Å². The van der Waals surface area contributed by atoms with Gasteiger partial charge in [-0.25, -0.2) is 4.79 Å². The number of hydrogen-bond acceptors (Lipinski definition) is 7. The Labute approximate surface area is 132 Å². The SMILES string of the molecule is CC(OS(=O)(=O)CCCCS(=O)[O-])C(=O)Oc1ccccc1. The smallest absolute Gasteiger partial charge is 0.341 e. The van der Waals surface area contributed by atoms with E-state index < -0.39 is 33.3 Å². The van der Waals surface area contributed by atoms with Crippen LogP contribution in [-0.2, 0) is 30.2 Å². The first kappa shape index (κ1) is 18.8. The average Bonchev–Trinajstić information content (AvgIpc) is 2.44. The molecule has 0 aromatic heterocycles. The van der Waals surface area contributed by atoms with Gasteiger partial charge in [0.05, 0.1) is 5.75 Å². The summed E-state index contributed by atoms with van der Waals surface area (Å²) in [5.41, 5.74) is 0. The van der Waals surface area contributed by atoms with Gasteiger partial charge >= 0.3 is 5.97 Å². The van der Waals surface area contributed by atoms with Crippen molar-refractivity contribution in [2.24, 2.45) is 0 Å². The Morgan fingerprint density at radius 3 is 2.50 bits per heavy atom. The lowest BCUT2D eigenvalue weighted by molar-refractivity contribution is -0.141. The summed E-state index contributed by atoms with van der Waals surface area (Å²) in [6.07, 6.45) is -0.933. The molecule has 0 saturated carbocycles. The highest BCUT2D eigenvalue weighted by atomic mass is 32.2. The summed E-state index contributed by atoms with van der Waals surface area (Å²) in [6, 6.07) is 8.21. The third kappa shape index (κ3) is 7.64. The largest absolute Gasteiger partial charge is 0.772 e. The van der Waals surface area contributed by atoms with Crippen molar-refractivity contribution in [1.82, 2.24) is 0 Å². The molecule has 0 N–H and O–H groups in total. The molecule has 0 saturated heterocycles. The van der Waals surface area contributed by atoms with Gasteiger partial charge in [-0.2, -0.15) is 8.42 Å². The third-order valence-corrected chi connectivity index (χ3v) is 4.53. The maximum Gasteiger partial charge on any atom is 0.341 e. The van der Waals surface area contributed by atoms with Crippen LogP contribution < -0.4 is 4.74 Å². The Kier molecular flexibility index (Phi) is 7.66. The summed E-state index contributed by atoms with van der Waals surface area (Å²) in [5, 5.41) is 0. The van der Waals surface area contributed by atoms with Crippen LogP contribution >= 0.6 is 0 Å². The summed E-state index contributed by atoms with van der Waals surface area (Å²) in [5.74, 6) is -0.998. The van der Waals surface area contributed by atoms with Gasteiger partial charge in [-0.3, -0.25) is 8.39 Å². The minimum absolute atomic E-state index is 0.110. The molecule has 9 heteroatoms. The maximum absolute atomic E-state index is 11.7. The van der Waals surface area contributed by atoms with E-state index >= 15 is 0 Å². The van der Waals surface area contributed by atoms with Gasteiger partial charge in [0.15, 0.2) is 6.10 Å². The zero-order chi connectivity index (χ0) is 16.6. The van der Waals surface area contributed by atoms with Crippen LogP contribution in [0.2, 0.25) is 0 Å². The Hall–Kier alpha value is -1.29. The van der Waals surface area contributed by atoms with Crippen LogP contribution in [0.5, 0.6) is 5.75 Å². The second-order valence-electron chi connectivity index (χ2n) is 4.45. The molecule has 0 heterocycles. The minimum atomic E-state index is -3.92. The van der Waals surface area contributed by atoms with Gasteiger partial charge in [0.1, 0.15) is 5.75 Å². The van der Waals surface area contributed by atoms with Crippen molar-refractivity contribution in [2.75, 3.05) is 11.5 Å². The average molecular weight is 349 g/mol. The fourth-order valence-electron chi connectivity index (χ4n) is 1.49. The number of para-hydroxylation sites is 1. The number of rotatable bonds is 9. The summed E-state index contributed by atoms with van der Waals surface area (Å²) in [4.78, 5) is 11.7. The van der Waals surface area contributed by atoms with Gasteiger partial charge in [0.2, 0.25) is 0 Å². The van der Waals surface area contributed by atoms with E-state index in [0.717, 1.165) is 0 Å².